The van der Waals surface area contributed by atoms with Crippen LogP contribution in [0.15, 0.2) is 103 Å². The number of halogens is 1. The first-order valence-corrected chi connectivity index (χ1v) is 13.9. The van der Waals surface area contributed by atoms with E-state index in [2.05, 4.69) is 11.1 Å². The van der Waals surface area contributed by atoms with Gasteiger partial charge in [0.15, 0.2) is 0 Å². The van der Waals surface area contributed by atoms with Gasteiger partial charge in [0.1, 0.15) is 22.7 Å². The van der Waals surface area contributed by atoms with Crippen LogP contribution in [0.25, 0.3) is 22.5 Å². The van der Waals surface area contributed by atoms with Crippen LogP contribution in [0.1, 0.15) is 54.1 Å². The average Bonchev–Trinajstić information content (AvgIpc) is 2.96. The molecule has 0 spiro atoms. The smallest absolute Gasteiger partial charge is 0.130 e. The molecule has 2 heterocycles. The van der Waals surface area contributed by atoms with E-state index >= 15 is 0 Å². The van der Waals surface area contributed by atoms with Crippen LogP contribution in [-0.2, 0) is 11.2 Å². The van der Waals surface area contributed by atoms with E-state index in [4.69, 9.17) is 30.2 Å². The van der Waals surface area contributed by atoms with Crippen LogP contribution in [0.2, 0.25) is 5.02 Å². The molecule has 3 aromatic carbocycles. The summed E-state index contributed by atoms with van der Waals surface area (Å²) in [6, 6.07) is 28.4. The summed E-state index contributed by atoms with van der Waals surface area (Å²) in [5.74, 6) is 0.944. The normalized spacial score (nSPS) is 13.2. The Morgan fingerprint density at radius 3 is 1.54 bits per heavy atom. The van der Waals surface area contributed by atoms with Gasteiger partial charge in [-0.25, -0.2) is 0 Å². The van der Waals surface area contributed by atoms with Crippen LogP contribution < -0.4 is 9.47 Å². The molecule has 0 unspecified atom stereocenters. The van der Waals surface area contributed by atoms with E-state index in [1.807, 2.05) is 101 Å². The summed E-state index contributed by atoms with van der Waals surface area (Å²) in [6.45, 7) is 7.26. The molecule has 0 N–H and O–H groups in total. The molecule has 0 radical (unpaired) electrons. The molecule has 4 nitrogen and oxygen atoms in total. The number of aromatic nitrogens is 2. The standard InChI is InChI=1S/C36H35ClN2O2/c1-24-17-33(26-13-9-7-10-14-26)38-22-31(24)35(3,4)40-29-19-28(37)20-30(21-29)41-36(5,6)32-23-39-34(18-25(32)2)27-15-11-8-12-16-27/h7-23H,1-6H3/i1D3. The lowest BCUT2D eigenvalue weighted by atomic mass is 9.94. The molecule has 0 aliphatic carbocycles. The molecule has 0 aliphatic heterocycles. The first-order chi connectivity index (χ1) is 20.7. The molecule has 5 aromatic rings. The second kappa shape index (κ2) is 11.4. The number of hydrogen-bond acceptors (Lipinski definition) is 4. The second-order valence-corrected chi connectivity index (χ2v) is 11.5. The minimum atomic E-state index is -2.38. The molecule has 0 saturated heterocycles. The number of pyridine rings is 2. The molecular formula is C36H35ClN2O2. The SMILES string of the molecule is [2H]C([2H])([2H])c1cc(-c2ccccc2)ncc1C(C)(C)Oc1cc(Cl)cc(OC(C)(C)c2cnc(-c3ccccc3)cc2C)c1. The number of nitrogens with zero attached hydrogens (tertiary/aromatic N) is 2. The highest BCUT2D eigenvalue weighted by Crippen LogP contribution is 2.37. The highest BCUT2D eigenvalue weighted by atomic mass is 35.5. The van der Waals surface area contributed by atoms with Crippen molar-refractivity contribution >= 4 is 11.6 Å². The van der Waals surface area contributed by atoms with Crippen molar-refractivity contribution < 1.29 is 13.6 Å². The summed E-state index contributed by atoms with van der Waals surface area (Å²) in [6.07, 6.45) is 3.44. The Morgan fingerprint density at radius 2 is 1.07 bits per heavy atom. The summed E-state index contributed by atoms with van der Waals surface area (Å²) in [5.41, 5.74) is 4.18. The summed E-state index contributed by atoms with van der Waals surface area (Å²) in [5, 5.41) is 0.423. The Kier molecular flexibility index (Phi) is 6.84. The third kappa shape index (κ3) is 6.44. The van der Waals surface area contributed by atoms with E-state index in [1.54, 1.807) is 30.5 Å². The van der Waals surface area contributed by atoms with Gasteiger partial charge >= 0.3 is 0 Å². The highest BCUT2D eigenvalue weighted by molar-refractivity contribution is 6.30. The maximum absolute atomic E-state index is 8.26. The maximum Gasteiger partial charge on any atom is 0.130 e. The van der Waals surface area contributed by atoms with Crippen LogP contribution in [0, 0.1) is 13.8 Å². The van der Waals surface area contributed by atoms with E-state index in [0.29, 0.717) is 27.8 Å². The number of aryl methyl sites for hydroxylation is 2. The zero-order chi connectivity index (χ0) is 31.7. The van der Waals surface area contributed by atoms with Gasteiger partial charge in [0, 0.05) is 49.8 Å². The second-order valence-electron chi connectivity index (χ2n) is 11.1. The molecule has 0 atom stereocenters. The van der Waals surface area contributed by atoms with Crippen molar-refractivity contribution in [3.05, 3.63) is 131 Å². The van der Waals surface area contributed by atoms with Crippen molar-refractivity contribution in [3.63, 3.8) is 0 Å². The fourth-order valence-electron chi connectivity index (χ4n) is 5.01. The molecular weight excluding hydrogens is 528 g/mol. The summed E-state index contributed by atoms with van der Waals surface area (Å²) in [7, 11) is 0. The molecule has 0 fully saturated rings. The number of ether oxygens (including phenoxy) is 2. The number of rotatable bonds is 8. The van der Waals surface area contributed by atoms with Gasteiger partial charge in [-0.15, -0.1) is 0 Å². The molecule has 41 heavy (non-hydrogen) atoms. The lowest BCUT2D eigenvalue weighted by molar-refractivity contribution is 0.0981. The van der Waals surface area contributed by atoms with Gasteiger partial charge in [-0.2, -0.15) is 0 Å². The van der Waals surface area contributed by atoms with Crippen LogP contribution in [0.5, 0.6) is 11.5 Å². The fraction of sp³-hybridized carbons (Fsp3) is 0.222. The summed E-state index contributed by atoms with van der Waals surface area (Å²) >= 11 is 6.54. The van der Waals surface area contributed by atoms with Gasteiger partial charge < -0.3 is 9.47 Å². The quantitative estimate of drug-likeness (QED) is 0.188. The van der Waals surface area contributed by atoms with Gasteiger partial charge in [-0.1, -0.05) is 72.3 Å². The third-order valence-corrected chi connectivity index (χ3v) is 7.26. The first kappa shape index (κ1) is 24.6. The highest BCUT2D eigenvalue weighted by Gasteiger charge is 2.28. The Labute approximate surface area is 252 Å². The summed E-state index contributed by atoms with van der Waals surface area (Å²) in [4.78, 5) is 9.30. The van der Waals surface area contributed by atoms with Crippen LogP contribution in [0.3, 0.4) is 0 Å². The first-order valence-electron chi connectivity index (χ1n) is 15.0. The lowest BCUT2D eigenvalue weighted by Gasteiger charge is -2.30. The van der Waals surface area contributed by atoms with E-state index in [-0.39, 0.29) is 5.56 Å². The molecule has 208 valence electrons. The Morgan fingerprint density at radius 1 is 0.634 bits per heavy atom. The van der Waals surface area contributed by atoms with E-state index in [9.17, 15) is 0 Å². The molecule has 0 bridgehead atoms. The van der Waals surface area contributed by atoms with Gasteiger partial charge in [-0.3, -0.25) is 9.97 Å². The number of benzene rings is 3. The van der Waals surface area contributed by atoms with Gasteiger partial charge in [0.2, 0.25) is 0 Å². The van der Waals surface area contributed by atoms with Gasteiger partial charge in [0.25, 0.3) is 0 Å². The zero-order valence-corrected chi connectivity index (χ0v) is 24.7. The molecule has 2 aromatic heterocycles. The Hall–Kier alpha value is -4.15. The molecule has 0 aliphatic rings. The predicted octanol–water partition coefficient (Wildman–Crippen LogP) is 9.71. The lowest BCUT2D eigenvalue weighted by Crippen LogP contribution is -2.28. The maximum atomic E-state index is 8.26. The Balaban J connectivity index is 1.42. The average molecular weight is 566 g/mol. The minimum Gasteiger partial charge on any atom is -0.483 e. The van der Waals surface area contributed by atoms with Crippen molar-refractivity contribution in [2.24, 2.45) is 0 Å². The van der Waals surface area contributed by atoms with Crippen molar-refractivity contribution in [1.29, 1.82) is 0 Å². The van der Waals surface area contributed by atoms with E-state index < -0.39 is 18.1 Å². The predicted molar refractivity (Wildman–Crippen MR) is 168 cm³/mol. The molecule has 5 rings (SSSR count). The molecule has 0 saturated carbocycles. The monoisotopic (exact) mass is 565 g/mol. The molecule has 5 heteroatoms. The fourth-order valence-corrected chi connectivity index (χ4v) is 5.22. The van der Waals surface area contributed by atoms with Crippen molar-refractivity contribution in [2.75, 3.05) is 0 Å². The Bertz CT molecular complexity index is 1770. The number of hydrogen-bond donors (Lipinski definition) is 0. The van der Waals surface area contributed by atoms with Crippen LogP contribution in [-0.4, -0.2) is 9.97 Å². The van der Waals surface area contributed by atoms with Gasteiger partial charge in [-0.05, 0) is 76.9 Å². The zero-order valence-electron chi connectivity index (χ0n) is 26.9. The van der Waals surface area contributed by atoms with Crippen molar-refractivity contribution in [1.82, 2.24) is 9.97 Å². The third-order valence-electron chi connectivity index (χ3n) is 7.04. The van der Waals surface area contributed by atoms with Crippen LogP contribution in [0.4, 0.5) is 0 Å². The van der Waals surface area contributed by atoms with Crippen LogP contribution >= 0.6 is 11.6 Å². The van der Waals surface area contributed by atoms with E-state index in [1.165, 1.54) is 0 Å². The van der Waals surface area contributed by atoms with Gasteiger partial charge in [0.05, 0.1) is 11.4 Å². The summed E-state index contributed by atoms with van der Waals surface area (Å²) < 4.78 is 37.7. The largest absolute Gasteiger partial charge is 0.483 e. The van der Waals surface area contributed by atoms with E-state index in [0.717, 1.165) is 27.9 Å². The topological polar surface area (TPSA) is 44.2 Å². The van der Waals surface area contributed by atoms with Crippen molar-refractivity contribution in [2.45, 2.75) is 52.7 Å². The minimum absolute atomic E-state index is 0.179. The molecule has 0 amide bonds. The van der Waals surface area contributed by atoms with Crippen molar-refractivity contribution in [3.8, 4) is 34.0 Å².